The zero-order chi connectivity index (χ0) is 55.5. The summed E-state index contributed by atoms with van der Waals surface area (Å²) in [5, 5.41) is 5.33. The standard InChI is InChI=1S/C25H17F8N3O3S.C24H18F5N3O3S/c26-23(27,24(28,29)30)14-39-17-9-5-15(6-10-17)7-12-22-34-20-11-8-16(13-21(20)35-22)18-3-1-2-4-19(18)36-40(37,38)25(31,32)33;25-23(26,24(27,28)29)14-35-17-9-5-15(6-10-17)7-12-22-31-19-11-8-16(13-20(19)32-22)18-3-1-2-4-21(18)36(30,33)34/h1-13,36H,14H2,(H,34,35);1-13H,14H2,(H,31,32)(H2,30,33,34)/b2*12-7+. The number of H-pyrrole nitrogens is 2. The maximum absolute atomic E-state index is 13.0. The molecule has 0 amide bonds. The highest BCUT2D eigenvalue weighted by atomic mass is 32.2. The molecule has 8 rings (SSSR count). The van der Waals surface area contributed by atoms with E-state index in [2.05, 4.69) is 29.4 Å². The first-order valence-electron chi connectivity index (χ1n) is 21.4. The number of anilines is 1. The Bertz CT molecular complexity index is 3650. The number of rotatable bonds is 15. The second kappa shape index (κ2) is 21.4. The molecule has 0 aliphatic heterocycles. The Hall–Kier alpha value is -7.91. The van der Waals surface area contributed by atoms with E-state index < -0.39 is 63.0 Å². The normalized spacial score (nSPS) is 13.1. The van der Waals surface area contributed by atoms with Crippen LogP contribution in [0.1, 0.15) is 22.8 Å². The lowest BCUT2D eigenvalue weighted by atomic mass is 10.0. The lowest BCUT2D eigenvalue weighted by Gasteiger charge is -2.19. The van der Waals surface area contributed by atoms with Crippen LogP contribution in [0.25, 0.3) is 68.6 Å². The number of hydrogen-bond acceptors (Lipinski definition) is 8. The summed E-state index contributed by atoms with van der Waals surface area (Å²) in [5.41, 5.74) is -0.690. The molecule has 0 atom stereocenters. The van der Waals surface area contributed by atoms with Crippen molar-refractivity contribution in [1.82, 2.24) is 19.9 Å². The van der Waals surface area contributed by atoms with Gasteiger partial charge in [-0.3, -0.25) is 4.72 Å². The highest BCUT2D eigenvalue weighted by molar-refractivity contribution is 7.93. The third-order valence-corrected chi connectivity index (χ3v) is 12.7. The Balaban J connectivity index is 0.000000222. The Morgan fingerprint density at radius 2 is 0.921 bits per heavy atom. The molecule has 0 bridgehead atoms. The molecule has 0 aliphatic carbocycles. The molecule has 0 spiro atoms. The molecular weight excluding hydrogens is 1080 g/mol. The van der Waals surface area contributed by atoms with Gasteiger partial charge in [0.2, 0.25) is 10.0 Å². The molecule has 0 saturated heterocycles. The number of aromatic amines is 2. The van der Waals surface area contributed by atoms with Crippen molar-refractivity contribution in [2.24, 2.45) is 5.14 Å². The smallest absolute Gasteiger partial charge is 0.487 e. The lowest BCUT2D eigenvalue weighted by Crippen LogP contribution is -2.41. The van der Waals surface area contributed by atoms with Gasteiger partial charge in [0, 0.05) is 11.1 Å². The minimum atomic E-state index is -5.73. The summed E-state index contributed by atoms with van der Waals surface area (Å²) in [6.07, 6.45) is -4.98. The van der Waals surface area contributed by atoms with Crippen molar-refractivity contribution in [2.75, 3.05) is 17.9 Å². The average molecular weight is 1110 g/mol. The molecule has 8 aromatic rings. The third kappa shape index (κ3) is 13.5. The molecule has 5 N–H and O–H groups in total. The molecule has 6 aromatic carbocycles. The van der Waals surface area contributed by atoms with Crippen LogP contribution in [0.2, 0.25) is 0 Å². The predicted octanol–water partition coefficient (Wildman–Crippen LogP) is 12.9. The lowest BCUT2D eigenvalue weighted by molar-refractivity contribution is -0.290. The number of halogens is 13. The topological polar surface area (TPSA) is 182 Å². The zero-order valence-electron chi connectivity index (χ0n) is 38.1. The number of imidazole rings is 2. The van der Waals surface area contributed by atoms with E-state index in [1.807, 2.05) is 0 Å². The van der Waals surface area contributed by atoms with Gasteiger partial charge in [0.1, 0.15) is 23.1 Å². The van der Waals surface area contributed by atoms with Gasteiger partial charge >= 0.3 is 39.7 Å². The fourth-order valence-corrected chi connectivity index (χ4v) is 8.09. The number of para-hydroxylation sites is 1. The van der Waals surface area contributed by atoms with E-state index in [1.165, 1.54) is 78.9 Å². The summed E-state index contributed by atoms with van der Waals surface area (Å²) >= 11 is 0. The van der Waals surface area contributed by atoms with Crippen molar-refractivity contribution in [2.45, 2.75) is 34.6 Å². The Morgan fingerprint density at radius 1 is 0.513 bits per heavy atom. The summed E-state index contributed by atoms with van der Waals surface area (Å²) in [5.74, 6) is -9.42. The van der Waals surface area contributed by atoms with E-state index in [0.29, 0.717) is 61.5 Å². The molecule has 27 heteroatoms. The molecule has 0 fully saturated rings. The molecule has 0 saturated carbocycles. The van der Waals surface area contributed by atoms with Crippen LogP contribution < -0.4 is 19.3 Å². The number of nitrogens with one attached hydrogen (secondary N) is 3. The summed E-state index contributed by atoms with van der Waals surface area (Å²) in [6, 6.07) is 32.6. The molecule has 2 aromatic heterocycles. The Morgan fingerprint density at radius 3 is 1.34 bits per heavy atom. The number of ether oxygens (including phenoxy) is 2. The van der Waals surface area contributed by atoms with E-state index in [0.717, 1.165) is 0 Å². The second-order valence-corrected chi connectivity index (χ2v) is 19.3. The summed E-state index contributed by atoms with van der Waals surface area (Å²) in [7, 11) is -9.56. The first kappa shape index (κ1) is 55.8. The monoisotopic (exact) mass is 1110 g/mol. The van der Waals surface area contributed by atoms with Crippen molar-refractivity contribution in [3.8, 4) is 33.8 Å². The van der Waals surface area contributed by atoms with Gasteiger partial charge in [-0.25, -0.2) is 23.5 Å². The largest absolute Gasteiger partial charge is 0.516 e. The summed E-state index contributed by atoms with van der Waals surface area (Å²) in [4.78, 5) is 14.9. The molecule has 76 heavy (non-hydrogen) atoms. The number of nitrogens with zero attached hydrogens (tertiary/aromatic N) is 2. The maximum Gasteiger partial charge on any atom is 0.516 e. The van der Waals surface area contributed by atoms with Gasteiger partial charge in [-0.05, 0) is 95.1 Å². The van der Waals surface area contributed by atoms with Crippen LogP contribution in [0.4, 0.5) is 62.8 Å². The number of benzene rings is 6. The first-order chi connectivity index (χ1) is 35.4. The fraction of sp³-hybridized carbons (Fsp3) is 0.143. The van der Waals surface area contributed by atoms with Crippen molar-refractivity contribution >= 4 is 72.1 Å². The van der Waals surface area contributed by atoms with Crippen LogP contribution in [0.15, 0.2) is 138 Å². The summed E-state index contributed by atoms with van der Waals surface area (Å²) < 4.78 is 222. The number of aromatic nitrogens is 4. The molecule has 12 nitrogen and oxygen atoms in total. The highest BCUT2D eigenvalue weighted by Crippen LogP contribution is 2.38. The molecular formula is C49H35F13N6O6S2. The molecule has 400 valence electrons. The Labute approximate surface area is 421 Å². The van der Waals surface area contributed by atoms with Crippen LogP contribution >= 0.6 is 0 Å². The van der Waals surface area contributed by atoms with Gasteiger partial charge in [0.15, 0.2) is 13.2 Å². The van der Waals surface area contributed by atoms with Crippen molar-refractivity contribution < 1.29 is 83.4 Å². The van der Waals surface area contributed by atoms with E-state index in [-0.39, 0.29) is 27.6 Å². The molecule has 0 aliphatic rings. The van der Waals surface area contributed by atoms with Gasteiger partial charge in [-0.1, -0.05) is 84.9 Å². The van der Waals surface area contributed by atoms with Gasteiger partial charge in [-0.15, -0.1) is 0 Å². The zero-order valence-corrected chi connectivity index (χ0v) is 39.7. The van der Waals surface area contributed by atoms with Crippen LogP contribution in [0, 0.1) is 0 Å². The van der Waals surface area contributed by atoms with Crippen LogP contribution in [0.3, 0.4) is 0 Å². The van der Waals surface area contributed by atoms with E-state index in [1.54, 1.807) is 83.6 Å². The van der Waals surface area contributed by atoms with E-state index >= 15 is 0 Å². The average Bonchev–Trinajstić information content (AvgIpc) is 3.96. The predicted molar refractivity (Wildman–Crippen MR) is 257 cm³/mol. The number of nitrogens with two attached hydrogens (primary N) is 1. The minimum Gasteiger partial charge on any atom is -0.487 e. The number of fused-ring (bicyclic) bond motifs is 2. The second-order valence-electron chi connectivity index (χ2n) is 16.1. The minimum absolute atomic E-state index is 0.00136. The molecule has 0 unspecified atom stereocenters. The number of hydrogen-bond donors (Lipinski definition) is 4. The van der Waals surface area contributed by atoms with Crippen LogP contribution in [-0.2, 0) is 20.0 Å². The maximum atomic E-state index is 13.0. The third-order valence-electron chi connectivity index (χ3n) is 10.6. The quantitative estimate of drug-likeness (QED) is 0.0732. The van der Waals surface area contributed by atoms with Crippen LogP contribution in [0.5, 0.6) is 11.5 Å². The fourth-order valence-electron chi connectivity index (χ4n) is 6.74. The van der Waals surface area contributed by atoms with Gasteiger partial charge in [0.25, 0.3) is 0 Å². The number of primary sulfonamides is 1. The Kier molecular flexibility index (Phi) is 15.7. The highest BCUT2D eigenvalue weighted by Gasteiger charge is 2.59. The molecule has 2 heterocycles. The van der Waals surface area contributed by atoms with Crippen molar-refractivity contribution in [3.05, 3.63) is 156 Å². The van der Waals surface area contributed by atoms with E-state index in [4.69, 9.17) is 5.14 Å². The van der Waals surface area contributed by atoms with Crippen LogP contribution in [-0.4, -0.2) is 79.7 Å². The first-order valence-corrected chi connectivity index (χ1v) is 24.4. The van der Waals surface area contributed by atoms with Gasteiger partial charge in [-0.2, -0.15) is 65.5 Å². The SMILES string of the molecule is NS(=O)(=O)c1ccccc1-c1ccc2nc(/C=C/c3ccc(OCC(F)(F)C(F)(F)F)cc3)[nH]c2c1.O=S(=O)(Nc1ccccc1-c1ccc2nc(/C=C/c3ccc(OCC(F)(F)C(F)(F)F)cc3)[nH]c2c1)C(F)(F)F. The number of sulfonamides is 2. The van der Waals surface area contributed by atoms with Crippen molar-refractivity contribution in [3.63, 3.8) is 0 Å². The summed E-state index contributed by atoms with van der Waals surface area (Å²) in [6.45, 7) is -3.67. The molecule has 0 radical (unpaired) electrons. The van der Waals surface area contributed by atoms with Crippen molar-refractivity contribution in [1.29, 1.82) is 0 Å². The van der Waals surface area contributed by atoms with E-state index in [9.17, 15) is 73.9 Å². The number of alkyl halides is 13. The van der Waals surface area contributed by atoms with Gasteiger partial charge in [0.05, 0.1) is 32.6 Å². The van der Waals surface area contributed by atoms with Gasteiger partial charge < -0.3 is 19.4 Å².